The number of hydrogen-bond donors (Lipinski definition) is 2. The molecule has 7 heteroatoms. The molecule has 1 aliphatic heterocycles. The monoisotopic (exact) mass is 386 g/mol. The summed E-state index contributed by atoms with van der Waals surface area (Å²) >= 11 is 1.74. The van der Waals surface area contributed by atoms with Crippen LogP contribution in [-0.2, 0) is 17.8 Å². The summed E-state index contributed by atoms with van der Waals surface area (Å²) in [6.07, 6.45) is 3.81. The minimum atomic E-state index is -0.0651. The van der Waals surface area contributed by atoms with E-state index in [0.29, 0.717) is 30.1 Å². The number of piperidine rings is 1. The first-order chi connectivity index (χ1) is 13.2. The fraction of sp³-hybridized carbons (Fsp3) is 0.450. The highest BCUT2D eigenvalue weighted by Crippen LogP contribution is 2.20. The maximum atomic E-state index is 12.3. The van der Waals surface area contributed by atoms with Crippen LogP contribution in [0.4, 0.5) is 5.69 Å². The summed E-state index contributed by atoms with van der Waals surface area (Å²) in [6, 6.07) is 6.90. The maximum Gasteiger partial charge on any atom is 0.251 e. The number of aromatic nitrogens is 1. The highest BCUT2D eigenvalue weighted by atomic mass is 32.1. The molecule has 1 aromatic heterocycles. The van der Waals surface area contributed by atoms with E-state index in [2.05, 4.69) is 32.8 Å². The van der Waals surface area contributed by atoms with Gasteiger partial charge in [-0.1, -0.05) is 6.92 Å². The van der Waals surface area contributed by atoms with Gasteiger partial charge in [0, 0.05) is 29.7 Å². The van der Waals surface area contributed by atoms with Gasteiger partial charge in [-0.15, -0.1) is 11.3 Å². The number of likely N-dealkylation sites (tertiary alicyclic amines) is 1. The Labute approximate surface area is 164 Å². The number of thiazole rings is 1. The zero-order valence-corrected chi connectivity index (χ0v) is 16.4. The van der Waals surface area contributed by atoms with Crippen LogP contribution >= 0.6 is 11.3 Å². The molecule has 0 radical (unpaired) electrons. The molecule has 0 aliphatic carbocycles. The van der Waals surface area contributed by atoms with Crippen LogP contribution in [0.15, 0.2) is 29.6 Å². The minimum absolute atomic E-state index is 0.0651. The molecule has 0 saturated carbocycles. The van der Waals surface area contributed by atoms with Crippen LogP contribution in [0.2, 0.25) is 0 Å². The van der Waals surface area contributed by atoms with Gasteiger partial charge in [-0.25, -0.2) is 4.98 Å². The molecule has 1 fully saturated rings. The molecule has 1 saturated heterocycles. The first-order valence-corrected chi connectivity index (χ1v) is 10.3. The van der Waals surface area contributed by atoms with Gasteiger partial charge >= 0.3 is 0 Å². The Kier molecular flexibility index (Phi) is 6.95. The van der Waals surface area contributed by atoms with E-state index < -0.39 is 0 Å². The fourth-order valence-corrected chi connectivity index (χ4v) is 4.02. The van der Waals surface area contributed by atoms with Crippen molar-refractivity contribution < 1.29 is 9.59 Å². The van der Waals surface area contributed by atoms with Gasteiger partial charge in [0.25, 0.3) is 5.91 Å². The molecule has 1 aliphatic rings. The van der Waals surface area contributed by atoms with E-state index in [9.17, 15) is 9.59 Å². The van der Waals surface area contributed by atoms with Gasteiger partial charge < -0.3 is 10.6 Å². The number of benzene rings is 1. The van der Waals surface area contributed by atoms with E-state index in [-0.39, 0.29) is 5.91 Å². The molecule has 0 spiro atoms. The van der Waals surface area contributed by atoms with Crippen LogP contribution in [0, 0.1) is 5.92 Å². The molecule has 0 bridgehead atoms. The summed E-state index contributed by atoms with van der Waals surface area (Å²) in [5.41, 5.74) is 2.47. The van der Waals surface area contributed by atoms with Crippen molar-refractivity contribution in [2.75, 3.05) is 25.0 Å². The third-order valence-electron chi connectivity index (χ3n) is 4.92. The van der Waals surface area contributed by atoms with Gasteiger partial charge in [0.15, 0.2) is 0 Å². The number of carbonyl (C=O) groups is 2. The zero-order chi connectivity index (χ0) is 19.1. The molecule has 144 valence electrons. The number of nitrogens with zero attached hydrogens (tertiary/aromatic N) is 2. The Morgan fingerprint density at radius 3 is 2.67 bits per heavy atom. The van der Waals surface area contributed by atoms with Crippen LogP contribution in [0.25, 0.3) is 0 Å². The first kappa shape index (κ1) is 19.5. The summed E-state index contributed by atoms with van der Waals surface area (Å²) in [4.78, 5) is 29.8. The van der Waals surface area contributed by atoms with Gasteiger partial charge in [-0.3, -0.25) is 14.5 Å². The number of nitrogens with one attached hydrogen (secondary N) is 2. The second kappa shape index (κ2) is 9.62. The number of hydrogen-bond acceptors (Lipinski definition) is 5. The lowest BCUT2D eigenvalue weighted by Gasteiger charge is -2.31. The van der Waals surface area contributed by atoms with Crippen molar-refractivity contribution in [3.8, 4) is 0 Å². The Morgan fingerprint density at radius 1 is 1.30 bits per heavy atom. The summed E-state index contributed by atoms with van der Waals surface area (Å²) in [5.74, 6) is 0.451. The summed E-state index contributed by atoms with van der Waals surface area (Å²) in [6.45, 7) is 5.87. The Bertz CT molecular complexity index is 752. The molecule has 0 atom stereocenters. The molecule has 1 aromatic carbocycles. The lowest BCUT2D eigenvalue weighted by molar-refractivity contribution is -0.105. The largest absolute Gasteiger partial charge is 0.352 e. The quantitative estimate of drug-likeness (QED) is 0.684. The highest BCUT2D eigenvalue weighted by molar-refractivity contribution is 7.09. The highest BCUT2D eigenvalue weighted by Gasteiger charge is 2.20. The topological polar surface area (TPSA) is 74.3 Å². The standard InChI is InChI=1S/C20H26N4O2S/c1-2-19-23-18(13-27-19)12-24-9-7-15(8-10-24)11-21-20(26)16-3-5-17(6-4-16)22-14-25/h3-6,13-15H,2,7-12H2,1H3,(H,21,26)(H,22,25). The lowest BCUT2D eigenvalue weighted by Crippen LogP contribution is -2.38. The first-order valence-electron chi connectivity index (χ1n) is 9.42. The third-order valence-corrected chi connectivity index (χ3v) is 5.96. The second-order valence-corrected chi connectivity index (χ2v) is 7.80. The number of aryl methyl sites for hydroxylation is 1. The van der Waals surface area contributed by atoms with E-state index in [1.54, 1.807) is 35.6 Å². The normalized spacial score (nSPS) is 15.4. The number of amides is 2. The average molecular weight is 387 g/mol. The van der Waals surface area contributed by atoms with Crippen LogP contribution < -0.4 is 10.6 Å². The molecule has 0 unspecified atom stereocenters. The van der Waals surface area contributed by atoms with Crippen LogP contribution in [-0.4, -0.2) is 41.8 Å². The van der Waals surface area contributed by atoms with Gasteiger partial charge in [-0.05, 0) is 62.5 Å². The lowest BCUT2D eigenvalue weighted by atomic mass is 9.96. The van der Waals surface area contributed by atoms with E-state index in [1.165, 1.54) is 10.7 Å². The van der Waals surface area contributed by atoms with Gasteiger partial charge in [0.05, 0.1) is 10.7 Å². The Hall–Kier alpha value is -2.25. The molecule has 27 heavy (non-hydrogen) atoms. The summed E-state index contributed by atoms with van der Waals surface area (Å²) in [7, 11) is 0. The van der Waals surface area contributed by atoms with Gasteiger partial charge in [-0.2, -0.15) is 0 Å². The van der Waals surface area contributed by atoms with Crippen molar-refractivity contribution in [3.63, 3.8) is 0 Å². The Morgan fingerprint density at radius 2 is 2.04 bits per heavy atom. The van der Waals surface area contributed by atoms with Crippen molar-refractivity contribution >= 4 is 29.3 Å². The van der Waals surface area contributed by atoms with Crippen molar-refractivity contribution in [2.24, 2.45) is 5.92 Å². The van der Waals surface area contributed by atoms with Crippen LogP contribution in [0.3, 0.4) is 0 Å². The third kappa shape index (κ3) is 5.61. The SMILES string of the molecule is CCc1nc(CN2CCC(CNC(=O)c3ccc(NC=O)cc3)CC2)cs1. The van der Waals surface area contributed by atoms with Crippen molar-refractivity contribution in [1.82, 2.24) is 15.2 Å². The summed E-state index contributed by atoms with van der Waals surface area (Å²) in [5, 5.41) is 8.97. The van der Waals surface area contributed by atoms with Crippen LogP contribution in [0.1, 0.15) is 40.8 Å². The van der Waals surface area contributed by atoms with Crippen molar-refractivity contribution in [1.29, 1.82) is 0 Å². The maximum absolute atomic E-state index is 12.3. The van der Waals surface area contributed by atoms with E-state index in [0.717, 1.165) is 38.9 Å². The molecule has 2 N–H and O–H groups in total. The number of rotatable bonds is 8. The summed E-state index contributed by atoms with van der Waals surface area (Å²) < 4.78 is 0. The van der Waals surface area contributed by atoms with Gasteiger partial charge in [0.2, 0.25) is 6.41 Å². The van der Waals surface area contributed by atoms with Crippen LogP contribution in [0.5, 0.6) is 0 Å². The minimum Gasteiger partial charge on any atom is -0.352 e. The average Bonchev–Trinajstić information content (AvgIpc) is 3.15. The molecule has 3 rings (SSSR count). The van der Waals surface area contributed by atoms with Crippen molar-refractivity contribution in [2.45, 2.75) is 32.7 Å². The molecular formula is C20H26N4O2S. The number of anilines is 1. The number of carbonyl (C=O) groups excluding carboxylic acids is 2. The zero-order valence-electron chi connectivity index (χ0n) is 15.6. The fourth-order valence-electron chi connectivity index (χ4n) is 3.29. The predicted octanol–water partition coefficient (Wildman–Crippen LogP) is 2.92. The predicted molar refractivity (Wildman–Crippen MR) is 108 cm³/mol. The molecule has 6 nitrogen and oxygen atoms in total. The molecule has 2 amide bonds. The van der Waals surface area contributed by atoms with E-state index in [1.807, 2.05) is 0 Å². The van der Waals surface area contributed by atoms with E-state index in [4.69, 9.17) is 0 Å². The Balaban J connectivity index is 1.39. The second-order valence-electron chi connectivity index (χ2n) is 6.86. The van der Waals surface area contributed by atoms with Crippen molar-refractivity contribution in [3.05, 3.63) is 45.9 Å². The molecule has 2 heterocycles. The smallest absolute Gasteiger partial charge is 0.251 e. The van der Waals surface area contributed by atoms with Gasteiger partial charge in [0.1, 0.15) is 0 Å². The van der Waals surface area contributed by atoms with E-state index >= 15 is 0 Å². The molecular weight excluding hydrogens is 360 g/mol. The molecule has 2 aromatic rings.